The van der Waals surface area contributed by atoms with Crippen LogP contribution in [0.1, 0.15) is 48.1 Å². The molecule has 10 heteroatoms. The maximum atomic E-state index is 12.9. The van der Waals surface area contributed by atoms with Gasteiger partial charge < -0.3 is 15.0 Å². The van der Waals surface area contributed by atoms with Crippen LogP contribution < -0.4 is 5.32 Å². The molecule has 1 aliphatic rings. The summed E-state index contributed by atoms with van der Waals surface area (Å²) in [6, 6.07) is 6.64. The van der Waals surface area contributed by atoms with E-state index < -0.39 is 12.8 Å². The van der Waals surface area contributed by atoms with E-state index in [0.717, 1.165) is 5.69 Å². The second-order valence-corrected chi connectivity index (χ2v) is 7.48. The minimum atomic E-state index is -0.685. The van der Waals surface area contributed by atoms with Crippen LogP contribution in [0.15, 0.2) is 24.4 Å². The van der Waals surface area contributed by atoms with Crippen LogP contribution in [0.5, 0.6) is 0 Å². The van der Waals surface area contributed by atoms with Crippen LogP contribution in [0.3, 0.4) is 0 Å². The van der Waals surface area contributed by atoms with Crippen LogP contribution >= 0.6 is 0 Å². The number of ether oxygens (including phenoxy) is 1. The molecule has 9 nitrogen and oxygen atoms in total. The third-order valence-corrected chi connectivity index (χ3v) is 5.12. The first-order chi connectivity index (χ1) is 15.1. The standard InChI is InChI=1S/C21H25FN6O3/c22-11-15-8-16(12-23)10-17(9-15)14-31-21(30)28-6-4-18(5-7-28)25-20(29)3-1-2-19-13-24-27-26-19/h8-10,13,18H,1-7,11,14H2,(H,25,29)(H,24,26,27). The van der Waals surface area contributed by atoms with Crippen LogP contribution in [-0.2, 0) is 29.2 Å². The van der Waals surface area contributed by atoms with E-state index in [1.165, 1.54) is 6.07 Å². The fourth-order valence-electron chi connectivity index (χ4n) is 3.51. The predicted octanol–water partition coefficient (Wildman–Crippen LogP) is 2.39. The smallest absolute Gasteiger partial charge is 0.410 e. The molecule has 1 saturated heterocycles. The lowest BCUT2D eigenvalue weighted by molar-refractivity contribution is -0.122. The van der Waals surface area contributed by atoms with Gasteiger partial charge in [-0.1, -0.05) is 0 Å². The number of likely N-dealkylation sites (tertiary alicyclic amines) is 1. The van der Waals surface area contributed by atoms with Crippen molar-refractivity contribution in [3.05, 3.63) is 46.8 Å². The highest BCUT2D eigenvalue weighted by atomic mass is 19.1. The summed E-state index contributed by atoms with van der Waals surface area (Å²) in [5.41, 5.74) is 2.12. The molecule has 0 aliphatic carbocycles. The van der Waals surface area contributed by atoms with E-state index >= 15 is 0 Å². The first-order valence-corrected chi connectivity index (χ1v) is 10.2. The Bertz CT molecular complexity index is 920. The Hall–Kier alpha value is -3.48. The summed E-state index contributed by atoms with van der Waals surface area (Å²) < 4.78 is 18.2. The Labute approximate surface area is 179 Å². The third-order valence-electron chi connectivity index (χ3n) is 5.12. The summed E-state index contributed by atoms with van der Waals surface area (Å²) >= 11 is 0. The Kier molecular flexibility index (Phi) is 7.92. The van der Waals surface area contributed by atoms with Crippen molar-refractivity contribution in [2.24, 2.45) is 0 Å². The Balaban J connectivity index is 1.36. The van der Waals surface area contributed by atoms with Crippen LogP contribution in [0, 0.1) is 11.3 Å². The number of hydrogen-bond donors (Lipinski definition) is 2. The molecule has 31 heavy (non-hydrogen) atoms. The number of nitriles is 1. The number of benzene rings is 1. The molecule has 2 heterocycles. The number of aryl methyl sites for hydroxylation is 1. The Morgan fingerprint density at radius 2 is 2.06 bits per heavy atom. The number of halogens is 1. The summed E-state index contributed by atoms with van der Waals surface area (Å²) in [5, 5.41) is 22.3. The predicted molar refractivity (Wildman–Crippen MR) is 108 cm³/mol. The van der Waals surface area contributed by atoms with Gasteiger partial charge in [-0.3, -0.25) is 4.79 Å². The van der Waals surface area contributed by atoms with Crippen molar-refractivity contribution in [3.8, 4) is 6.07 Å². The Morgan fingerprint density at radius 1 is 1.29 bits per heavy atom. The van der Waals surface area contributed by atoms with Gasteiger partial charge in [-0.25, -0.2) is 9.18 Å². The van der Waals surface area contributed by atoms with Crippen molar-refractivity contribution < 1.29 is 18.7 Å². The van der Waals surface area contributed by atoms with E-state index in [9.17, 15) is 14.0 Å². The zero-order chi connectivity index (χ0) is 22.1. The summed E-state index contributed by atoms with van der Waals surface area (Å²) in [4.78, 5) is 26.0. The number of piperidine rings is 1. The number of carbonyl (C=O) groups excluding carboxylic acids is 2. The highest BCUT2D eigenvalue weighted by Gasteiger charge is 2.24. The molecule has 2 aromatic rings. The molecule has 2 amide bonds. The number of H-pyrrole nitrogens is 1. The summed E-state index contributed by atoms with van der Waals surface area (Å²) in [6.07, 6.45) is 4.30. The van der Waals surface area contributed by atoms with Crippen molar-refractivity contribution in [1.82, 2.24) is 25.6 Å². The molecular weight excluding hydrogens is 403 g/mol. The average molecular weight is 428 g/mol. The van der Waals surface area contributed by atoms with E-state index in [2.05, 4.69) is 20.7 Å². The average Bonchev–Trinajstić information content (AvgIpc) is 3.31. The molecule has 1 fully saturated rings. The number of carbonyl (C=O) groups is 2. The van der Waals surface area contributed by atoms with Crippen LogP contribution in [0.4, 0.5) is 9.18 Å². The minimum Gasteiger partial charge on any atom is -0.445 e. The second-order valence-electron chi connectivity index (χ2n) is 7.48. The molecule has 2 N–H and O–H groups in total. The molecule has 0 atom stereocenters. The molecule has 164 valence electrons. The SMILES string of the molecule is N#Cc1cc(CF)cc(COC(=O)N2CCC(NC(=O)CCCc3cn[nH]n3)CC2)c1. The maximum absolute atomic E-state index is 12.9. The fourth-order valence-corrected chi connectivity index (χ4v) is 3.51. The summed E-state index contributed by atoms with van der Waals surface area (Å²) in [6.45, 7) is 0.257. The van der Waals surface area contributed by atoms with Crippen molar-refractivity contribution in [2.75, 3.05) is 13.1 Å². The van der Waals surface area contributed by atoms with Gasteiger partial charge >= 0.3 is 6.09 Å². The number of alkyl halides is 1. The molecule has 0 radical (unpaired) electrons. The zero-order valence-corrected chi connectivity index (χ0v) is 17.1. The lowest BCUT2D eigenvalue weighted by Crippen LogP contribution is -2.46. The molecule has 3 rings (SSSR count). The number of nitrogens with one attached hydrogen (secondary N) is 2. The van der Waals surface area contributed by atoms with Crippen LogP contribution in [-0.4, -0.2) is 51.4 Å². The minimum absolute atomic E-state index is 0.00874. The highest BCUT2D eigenvalue weighted by molar-refractivity contribution is 5.76. The van der Waals surface area contributed by atoms with Gasteiger partial charge in [0.05, 0.1) is 23.5 Å². The van der Waals surface area contributed by atoms with E-state index in [0.29, 0.717) is 61.9 Å². The number of nitrogens with zero attached hydrogens (tertiary/aromatic N) is 4. The molecule has 1 aliphatic heterocycles. The molecule has 0 saturated carbocycles. The zero-order valence-electron chi connectivity index (χ0n) is 17.1. The first-order valence-electron chi connectivity index (χ1n) is 10.2. The second kappa shape index (κ2) is 11.1. The quantitative estimate of drug-likeness (QED) is 0.665. The van der Waals surface area contributed by atoms with Gasteiger partial charge in [0.2, 0.25) is 5.91 Å². The lowest BCUT2D eigenvalue weighted by Gasteiger charge is -2.31. The molecule has 0 bridgehead atoms. The van der Waals surface area contributed by atoms with Gasteiger partial charge in [-0.15, -0.1) is 0 Å². The first kappa shape index (κ1) is 22.2. The molecule has 1 aromatic carbocycles. The molecule has 0 spiro atoms. The van der Waals surface area contributed by atoms with Gasteiger partial charge in [0.25, 0.3) is 0 Å². The van der Waals surface area contributed by atoms with Gasteiger partial charge in [0, 0.05) is 25.6 Å². The van der Waals surface area contributed by atoms with E-state index in [1.54, 1.807) is 23.2 Å². The number of hydrogen-bond acceptors (Lipinski definition) is 6. The number of aromatic amines is 1. The van der Waals surface area contributed by atoms with Crippen molar-refractivity contribution in [3.63, 3.8) is 0 Å². The van der Waals surface area contributed by atoms with Crippen molar-refractivity contribution in [2.45, 2.75) is 51.4 Å². The fraction of sp³-hybridized carbons (Fsp3) is 0.476. The van der Waals surface area contributed by atoms with E-state index in [4.69, 9.17) is 10.00 Å². The van der Waals surface area contributed by atoms with Gasteiger partial charge in [0.1, 0.15) is 13.3 Å². The summed E-state index contributed by atoms with van der Waals surface area (Å²) in [5.74, 6) is -0.00874. The highest BCUT2D eigenvalue weighted by Crippen LogP contribution is 2.15. The summed E-state index contributed by atoms with van der Waals surface area (Å²) in [7, 11) is 0. The maximum Gasteiger partial charge on any atom is 0.410 e. The van der Waals surface area contributed by atoms with Crippen LogP contribution in [0.2, 0.25) is 0 Å². The number of aromatic nitrogens is 3. The Morgan fingerprint density at radius 3 is 2.74 bits per heavy atom. The van der Waals surface area contributed by atoms with Gasteiger partial charge in [0.15, 0.2) is 0 Å². The number of rotatable bonds is 8. The number of amides is 2. The monoisotopic (exact) mass is 428 g/mol. The van der Waals surface area contributed by atoms with Gasteiger partial charge in [-0.2, -0.15) is 20.7 Å². The molecular formula is C21H25FN6O3. The topological polar surface area (TPSA) is 124 Å². The largest absolute Gasteiger partial charge is 0.445 e. The van der Waals surface area contributed by atoms with Crippen molar-refractivity contribution in [1.29, 1.82) is 5.26 Å². The third kappa shape index (κ3) is 6.77. The van der Waals surface area contributed by atoms with E-state index in [-0.39, 0.29) is 18.6 Å². The van der Waals surface area contributed by atoms with Crippen LogP contribution in [0.25, 0.3) is 0 Å². The normalized spacial score (nSPS) is 14.1. The van der Waals surface area contributed by atoms with E-state index in [1.807, 2.05) is 6.07 Å². The van der Waals surface area contributed by atoms with Gasteiger partial charge in [-0.05, 0) is 55.0 Å². The molecule has 1 aromatic heterocycles. The lowest BCUT2D eigenvalue weighted by atomic mass is 10.0. The van der Waals surface area contributed by atoms with Crippen molar-refractivity contribution >= 4 is 12.0 Å². The molecule has 0 unspecified atom stereocenters.